The molecule has 2 aromatic rings. The molecular formula is C20H22ClF3N2O2. The third-order valence-corrected chi connectivity index (χ3v) is 4.67. The first kappa shape index (κ1) is 22.0. The molecule has 3 rings (SSSR count). The molecule has 1 saturated heterocycles. The van der Waals surface area contributed by atoms with E-state index in [1.165, 1.54) is 6.07 Å². The van der Waals surface area contributed by atoms with E-state index in [2.05, 4.69) is 5.32 Å². The van der Waals surface area contributed by atoms with Crippen LogP contribution in [0.15, 0.2) is 48.5 Å². The highest BCUT2D eigenvalue weighted by Crippen LogP contribution is 2.32. The number of carbonyl (C=O) groups excluding carboxylic acids is 1. The number of alkyl halides is 3. The smallest absolute Gasteiger partial charge is 0.416 e. The standard InChI is InChI=1S/C20H21F3N2O2.ClH/c1-27-18-8-3-2-7-16(18)17-13-24-9-10-25(17)19(26)12-14-5-4-6-15(11-14)20(21,22)23;/h2-8,11,17,24H,9-10,12-13H2,1H3;1H. The highest BCUT2D eigenvalue weighted by atomic mass is 35.5. The summed E-state index contributed by atoms with van der Waals surface area (Å²) >= 11 is 0. The van der Waals surface area contributed by atoms with Crippen molar-refractivity contribution in [2.24, 2.45) is 0 Å². The van der Waals surface area contributed by atoms with Crippen LogP contribution in [-0.2, 0) is 17.4 Å². The number of ether oxygens (including phenoxy) is 1. The predicted octanol–water partition coefficient (Wildman–Crippen LogP) is 3.85. The summed E-state index contributed by atoms with van der Waals surface area (Å²) in [5.41, 5.74) is 0.492. The van der Waals surface area contributed by atoms with Crippen molar-refractivity contribution < 1.29 is 22.7 Å². The van der Waals surface area contributed by atoms with Gasteiger partial charge in [0.1, 0.15) is 5.75 Å². The topological polar surface area (TPSA) is 41.6 Å². The molecule has 0 saturated carbocycles. The van der Waals surface area contributed by atoms with Crippen molar-refractivity contribution in [3.63, 3.8) is 0 Å². The number of para-hydroxylation sites is 1. The number of carbonyl (C=O) groups is 1. The molecule has 8 heteroatoms. The lowest BCUT2D eigenvalue weighted by Crippen LogP contribution is -2.49. The lowest BCUT2D eigenvalue weighted by molar-refractivity contribution is -0.138. The van der Waals surface area contributed by atoms with Crippen molar-refractivity contribution in [1.29, 1.82) is 0 Å². The SMILES string of the molecule is COc1ccccc1C1CNCCN1C(=O)Cc1cccc(C(F)(F)F)c1.Cl. The number of hydrogen-bond acceptors (Lipinski definition) is 3. The van der Waals surface area contributed by atoms with Gasteiger partial charge in [0.2, 0.25) is 5.91 Å². The molecule has 1 amide bonds. The average molecular weight is 415 g/mol. The molecule has 28 heavy (non-hydrogen) atoms. The number of hydrogen-bond donors (Lipinski definition) is 1. The van der Waals surface area contributed by atoms with Gasteiger partial charge in [-0.15, -0.1) is 12.4 Å². The number of benzene rings is 2. The minimum atomic E-state index is -4.42. The summed E-state index contributed by atoms with van der Waals surface area (Å²) in [6.07, 6.45) is -4.50. The van der Waals surface area contributed by atoms with Crippen molar-refractivity contribution in [2.45, 2.75) is 18.6 Å². The van der Waals surface area contributed by atoms with Crippen LogP contribution >= 0.6 is 12.4 Å². The highest BCUT2D eigenvalue weighted by Gasteiger charge is 2.32. The van der Waals surface area contributed by atoms with Crippen molar-refractivity contribution in [3.8, 4) is 5.75 Å². The number of nitrogens with zero attached hydrogens (tertiary/aromatic N) is 1. The second-order valence-corrected chi connectivity index (χ2v) is 6.42. The molecule has 1 aliphatic heterocycles. The fraction of sp³-hybridized carbons (Fsp3) is 0.350. The summed E-state index contributed by atoms with van der Waals surface area (Å²) in [6.45, 7) is 1.69. The predicted molar refractivity (Wildman–Crippen MR) is 103 cm³/mol. The Labute approximate surface area is 168 Å². The lowest BCUT2D eigenvalue weighted by Gasteiger charge is -2.37. The Hall–Kier alpha value is -2.25. The fourth-order valence-electron chi connectivity index (χ4n) is 3.36. The fourth-order valence-corrected chi connectivity index (χ4v) is 3.36. The summed E-state index contributed by atoms with van der Waals surface area (Å²) in [5, 5.41) is 3.26. The molecule has 0 spiro atoms. The molecule has 1 heterocycles. The first-order chi connectivity index (χ1) is 12.9. The Morgan fingerprint density at radius 2 is 1.96 bits per heavy atom. The Kier molecular flexibility index (Phi) is 7.32. The van der Waals surface area contributed by atoms with Crippen LogP contribution in [0.1, 0.15) is 22.7 Å². The maximum absolute atomic E-state index is 12.9. The zero-order valence-corrected chi connectivity index (χ0v) is 16.1. The zero-order chi connectivity index (χ0) is 19.4. The quantitative estimate of drug-likeness (QED) is 0.826. The molecule has 2 aromatic carbocycles. The summed E-state index contributed by atoms with van der Waals surface area (Å²) in [6, 6.07) is 12.2. The number of nitrogens with one attached hydrogen (secondary N) is 1. The molecule has 4 nitrogen and oxygen atoms in total. The number of methoxy groups -OCH3 is 1. The number of halogens is 4. The Balaban J connectivity index is 0.00000280. The molecule has 1 atom stereocenters. The van der Waals surface area contributed by atoms with Crippen LogP contribution < -0.4 is 10.1 Å². The summed E-state index contributed by atoms with van der Waals surface area (Å²) in [5.74, 6) is 0.481. The van der Waals surface area contributed by atoms with E-state index in [9.17, 15) is 18.0 Å². The van der Waals surface area contributed by atoms with E-state index in [0.717, 1.165) is 17.7 Å². The Bertz CT molecular complexity index is 814. The van der Waals surface area contributed by atoms with Crippen molar-refractivity contribution in [1.82, 2.24) is 10.2 Å². The zero-order valence-electron chi connectivity index (χ0n) is 15.3. The van der Waals surface area contributed by atoms with Crippen LogP contribution in [0.5, 0.6) is 5.75 Å². The van der Waals surface area contributed by atoms with Crippen LogP contribution in [0.3, 0.4) is 0 Å². The van der Waals surface area contributed by atoms with Gasteiger partial charge in [-0.05, 0) is 17.7 Å². The highest BCUT2D eigenvalue weighted by molar-refractivity contribution is 5.85. The lowest BCUT2D eigenvalue weighted by atomic mass is 10.0. The van der Waals surface area contributed by atoms with E-state index < -0.39 is 11.7 Å². The summed E-state index contributed by atoms with van der Waals surface area (Å²) < 4.78 is 44.1. The van der Waals surface area contributed by atoms with E-state index in [4.69, 9.17) is 4.74 Å². The van der Waals surface area contributed by atoms with Gasteiger partial charge in [-0.1, -0.05) is 36.4 Å². The minimum Gasteiger partial charge on any atom is -0.496 e. The van der Waals surface area contributed by atoms with E-state index >= 15 is 0 Å². The molecule has 0 aliphatic carbocycles. The second kappa shape index (κ2) is 9.30. The largest absolute Gasteiger partial charge is 0.496 e. The van der Waals surface area contributed by atoms with Crippen LogP contribution in [0.25, 0.3) is 0 Å². The van der Waals surface area contributed by atoms with E-state index in [1.54, 1.807) is 18.1 Å². The molecule has 0 aromatic heterocycles. The molecular weight excluding hydrogens is 393 g/mol. The van der Waals surface area contributed by atoms with Gasteiger partial charge >= 0.3 is 6.18 Å². The van der Waals surface area contributed by atoms with E-state index in [1.807, 2.05) is 24.3 Å². The summed E-state index contributed by atoms with van der Waals surface area (Å²) in [7, 11) is 1.57. The third kappa shape index (κ3) is 4.97. The molecule has 152 valence electrons. The molecule has 1 N–H and O–H groups in total. The van der Waals surface area contributed by atoms with Gasteiger partial charge in [0, 0.05) is 25.2 Å². The normalized spacial score (nSPS) is 17.0. The van der Waals surface area contributed by atoms with E-state index in [0.29, 0.717) is 30.9 Å². The summed E-state index contributed by atoms with van der Waals surface area (Å²) in [4.78, 5) is 14.6. The van der Waals surface area contributed by atoms with Crippen molar-refractivity contribution >= 4 is 18.3 Å². The first-order valence-electron chi connectivity index (χ1n) is 8.69. The average Bonchev–Trinajstić information content (AvgIpc) is 2.67. The van der Waals surface area contributed by atoms with Gasteiger partial charge in [-0.3, -0.25) is 4.79 Å². The van der Waals surface area contributed by atoms with Gasteiger partial charge in [0.15, 0.2) is 0 Å². The molecule has 0 radical (unpaired) electrons. The second-order valence-electron chi connectivity index (χ2n) is 6.42. The molecule has 1 fully saturated rings. The first-order valence-corrected chi connectivity index (χ1v) is 8.69. The Morgan fingerprint density at radius 1 is 1.21 bits per heavy atom. The molecule has 0 bridgehead atoms. The van der Waals surface area contributed by atoms with Gasteiger partial charge in [0.25, 0.3) is 0 Å². The number of amides is 1. The van der Waals surface area contributed by atoms with Crippen LogP contribution in [0, 0.1) is 0 Å². The maximum atomic E-state index is 12.9. The van der Waals surface area contributed by atoms with E-state index in [-0.39, 0.29) is 30.8 Å². The monoisotopic (exact) mass is 414 g/mol. The van der Waals surface area contributed by atoms with Crippen LogP contribution in [0.2, 0.25) is 0 Å². The molecule has 1 unspecified atom stereocenters. The maximum Gasteiger partial charge on any atom is 0.416 e. The van der Waals surface area contributed by atoms with Crippen molar-refractivity contribution in [3.05, 3.63) is 65.2 Å². The minimum absolute atomic E-state index is 0. The van der Waals surface area contributed by atoms with Gasteiger partial charge in [-0.2, -0.15) is 13.2 Å². The molecule has 1 aliphatic rings. The van der Waals surface area contributed by atoms with Crippen LogP contribution in [-0.4, -0.2) is 37.6 Å². The number of rotatable bonds is 4. The third-order valence-electron chi connectivity index (χ3n) is 4.67. The van der Waals surface area contributed by atoms with Gasteiger partial charge in [0.05, 0.1) is 25.1 Å². The van der Waals surface area contributed by atoms with Crippen molar-refractivity contribution in [2.75, 3.05) is 26.7 Å². The van der Waals surface area contributed by atoms with Gasteiger partial charge in [-0.25, -0.2) is 0 Å². The number of piperazine rings is 1. The van der Waals surface area contributed by atoms with Gasteiger partial charge < -0.3 is 15.0 Å². The Morgan fingerprint density at radius 3 is 2.68 bits per heavy atom. The van der Waals surface area contributed by atoms with Crippen LogP contribution in [0.4, 0.5) is 13.2 Å².